The van der Waals surface area contributed by atoms with Gasteiger partial charge < -0.3 is 0 Å². The first-order chi connectivity index (χ1) is 5.58. The summed E-state index contributed by atoms with van der Waals surface area (Å²) in [4.78, 5) is 0. The van der Waals surface area contributed by atoms with E-state index in [4.69, 9.17) is 0 Å². The van der Waals surface area contributed by atoms with Gasteiger partial charge in [-0.2, -0.15) is 0 Å². The summed E-state index contributed by atoms with van der Waals surface area (Å²) in [6.45, 7) is 6.68. The lowest BCUT2D eigenvalue weighted by Gasteiger charge is -2.06. The maximum atomic E-state index is 2.38. The van der Waals surface area contributed by atoms with Crippen LogP contribution in [0.15, 0.2) is 18.2 Å². The molecule has 0 atom stereocenters. The van der Waals surface area contributed by atoms with Gasteiger partial charge in [0.25, 0.3) is 0 Å². The molecule has 12 heavy (non-hydrogen) atoms. The zero-order valence-corrected chi connectivity index (χ0v) is 10.1. The van der Waals surface area contributed by atoms with Crippen LogP contribution < -0.4 is 0 Å². The molecule has 0 radical (unpaired) electrons. The Morgan fingerprint density at radius 1 is 1.25 bits per heavy atom. The zero-order chi connectivity index (χ0) is 9.14. The van der Waals surface area contributed by atoms with Gasteiger partial charge in [0.05, 0.1) is 0 Å². The van der Waals surface area contributed by atoms with Crippen molar-refractivity contribution in [3.05, 3.63) is 32.9 Å². The van der Waals surface area contributed by atoms with Crippen LogP contribution in [-0.4, -0.2) is 0 Å². The molecule has 0 N–H and O–H groups in total. The monoisotopic (exact) mass is 274 g/mol. The smallest absolute Gasteiger partial charge is 0.0135 e. The molecule has 0 aliphatic heterocycles. The van der Waals surface area contributed by atoms with Crippen LogP contribution in [0, 0.1) is 16.4 Å². The molecule has 0 unspecified atom stereocenters. The summed E-state index contributed by atoms with van der Waals surface area (Å²) in [5.74, 6) is 0.752. The van der Waals surface area contributed by atoms with E-state index in [0.29, 0.717) is 0 Å². The first kappa shape index (κ1) is 10.0. The third-order valence-electron chi connectivity index (χ3n) is 1.75. The second kappa shape index (κ2) is 4.26. The van der Waals surface area contributed by atoms with Gasteiger partial charge in [-0.1, -0.05) is 19.9 Å². The van der Waals surface area contributed by atoms with Crippen molar-refractivity contribution in [2.24, 2.45) is 5.92 Å². The molecule has 1 rings (SSSR count). The normalized spacial score (nSPS) is 10.8. The second-order valence-corrected chi connectivity index (χ2v) is 4.98. The summed E-state index contributed by atoms with van der Waals surface area (Å²) < 4.78 is 1.35. The molecule has 0 aliphatic rings. The zero-order valence-electron chi connectivity index (χ0n) is 7.89. The molecule has 1 aromatic carbocycles. The van der Waals surface area contributed by atoms with E-state index in [1.54, 1.807) is 0 Å². The highest BCUT2D eigenvalue weighted by molar-refractivity contribution is 14.1. The Kier molecular flexibility index (Phi) is 3.56. The Morgan fingerprint density at radius 2 is 1.92 bits per heavy atom. The lowest BCUT2D eigenvalue weighted by Crippen LogP contribution is -1.94. The minimum atomic E-state index is 0.752. The minimum absolute atomic E-state index is 0.752. The number of hydrogen-bond acceptors (Lipinski definition) is 0. The lowest BCUT2D eigenvalue weighted by molar-refractivity contribution is 0.647. The van der Waals surface area contributed by atoms with Crippen LogP contribution in [0.1, 0.15) is 25.0 Å². The van der Waals surface area contributed by atoms with Gasteiger partial charge in [-0.3, -0.25) is 0 Å². The van der Waals surface area contributed by atoms with Crippen LogP contribution in [0.5, 0.6) is 0 Å². The fourth-order valence-electron chi connectivity index (χ4n) is 1.40. The van der Waals surface area contributed by atoms with Crippen LogP contribution in [0.25, 0.3) is 0 Å². The van der Waals surface area contributed by atoms with Gasteiger partial charge in [0.15, 0.2) is 0 Å². The summed E-state index contributed by atoms with van der Waals surface area (Å²) >= 11 is 2.38. The maximum Gasteiger partial charge on any atom is 0.0135 e. The summed E-state index contributed by atoms with van der Waals surface area (Å²) in [5.41, 5.74) is 2.84. The topological polar surface area (TPSA) is 0 Å². The van der Waals surface area contributed by atoms with Crippen molar-refractivity contribution >= 4 is 22.6 Å². The van der Waals surface area contributed by atoms with Crippen LogP contribution in [0.2, 0.25) is 0 Å². The molecule has 1 aromatic rings. The van der Waals surface area contributed by atoms with Crippen LogP contribution in [0.4, 0.5) is 0 Å². The highest BCUT2D eigenvalue weighted by Crippen LogP contribution is 2.14. The third-order valence-corrected chi connectivity index (χ3v) is 2.37. The van der Waals surface area contributed by atoms with E-state index in [0.717, 1.165) is 5.92 Å². The van der Waals surface area contributed by atoms with E-state index < -0.39 is 0 Å². The molecule has 0 spiro atoms. The second-order valence-electron chi connectivity index (χ2n) is 3.73. The highest BCUT2D eigenvalue weighted by Gasteiger charge is 1.99. The summed E-state index contributed by atoms with van der Waals surface area (Å²) in [7, 11) is 0. The Hall–Kier alpha value is -0.0500. The number of hydrogen-bond donors (Lipinski definition) is 0. The van der Waals surface area contributed by atoms with Gasteiger partial charge in [0.2, 0.25) is 0 Å². The van der Waals surface area contributed by atoms with Crippen molar-refractivity contribution in [3.63, 3.8) is 0 Å². The molecule has 0 heterocycles. The van der Waals surface area contributed by atoms with E-state index in [-0.39, 0.29) is 0 Å². The third kappa shape index (κ3) is 3.13. The molecule has 0 amide bonds. The molecular weight excluding hydrogens is 259 g/mol. The average molecular weight is 274 g/mol. The molecule has 0 bridgehead atoms. The van der Waals surface area contributed by atoms with E-state index in [2.05, 4.69) is 61.6 Å². The molecule has 0 aliphatic carbocycles. The number of aryl methyl sites for hydroxylation is 1. The largest absolute Gasteiger partial charge is 0.0625 e. The predicted octanol–water partition coefficient (Wildman–Crippen LogP) is 3.80. The molecule has 0 saturated heterocycles. The van der Waals surface area contributed by atoms with Crippen molar-refractivity contribution in [1.29, 1.82) is 0 Å². The summed E-state index contributed by atoms with van der Waals surface area (Å²) in [6.07, 6.45) is 1.19. The quantitative estimate of drug-likeness (QED) is 0.720. The van der Waals surface area contributed by atoms with Gasteiger partial charge in [0, 0.05) is 3.57 Å². The highest BCUT2D eigenvalue weighted by atomic mass is 127. The fraction of sp³-hybridized carbons (Fsp3) is 0.455. The Morgan fingerprint density at radius 3 is 2.42 bits per heavy atom. The first-order valence-electron chi connectivity index (χ1n) is 4.34. The summed E-state index contributed by atoms with van der Waals surface area (Å²) in [5, 5.41) is 0. The Balaban J connectivity index is 2.85. The first-order valence-corrected chi connectivity index (χ1v) is 5.42. The SMILES string of the molecule is Cc1cc(I)cc(CC(C)C)c1. The fourth-order valence-corrected chi connectivity index (χ4v) is 2.29. The standard InChI is InChI=1S/C11H15I/c1-8(2)4-10-5-9(3)6-11(12)7-10/h5-8H,4H2,1-3H3. The van der Waals surface area contributed by atoms with Crippen LogP contribution in [-0.2, 0) is 6.42 Å². The van der Waals surface area contributed by atoms with Crippen molar-refractivity contribution in [1.82, 2.24) is 0 Å². The van der Waals surface area contributed by atoms with E-state index in [1.165, 1.54) is 21.1 Å². The lowest BCUT2D eigenvalue weighted by atomic mass is 10.0. The Labute approximate surface area is 88.5 Å². The van der Waals surface area contributed by atoms with Crippen molar-refractivity contribution in [2.75, 3.05) is 0 Å². The summed E-state index contributed by atoms with van der Waals surface area (Å²) in [6, 6.07) is 6.76. The van der Waals surface area contributed by atoms with Crippen molar-refractivity contribution in [2.45, 2.75) is 27.2 Å². The van der Waals surface area contributed by atoms with Crippen LogP contribution in [0.3, 0.4) is 0 Å². The van der Waals surface area contributed by atoms with E-state index >= 15 is 0 Å². The number of benzene rings is 1. The van der Waals surface area contributed by atoms with Crippen molar-refractivity contribution < 1.29 is 0 Å². The van der Waals surface area contributed by atoms with Gasteiger partial charge in [0.1, 0.15) is 0 Å². The van der Waals surface area contributed by atoms with Crippen molar-refractivity contribution in [3.8, 4) is 0 Å². The maximum absolute atomic E-state index is 2.38. The van der Waals surface area contributed by atoms with E-state index in [9.17, 15) is 0 Å². The van der Waals surface area contributed by atoms with Gasteiger partial charge in [-0.15, -0.1) is 0 Å². The molecule has 66 valence electrons. The number of rotatable bonds is 2. The molecule has 1 heteroatoms. The number of halogens is 1. The predicted molar refractivity (Wildman–Crippen MR) is 62.4 cm³/mol. The molecule has 0 saturated carbocycles. The van der Waals surface area contributed by atoms with Crippen LogP contribution >= 0.6 is 22.6 Å². The van der Waals surface area contributed by atoms with E-state index in [1.807, 2.05) is 0 Å². The molecule has 0 fully saturated rings. The molecule has 0 aromatic heterocycles. The van der Waals surface area contributed by atoms with Gasteiger partial charge in [-0.25, -0.2) is 0 Å². The molecular formula is C11H15I. The average Bonchev–Trinajstić information content (AvgIpc) is 1.81. The minimum Gasteiger partial charge on any atom is -0.0625 e. The Bertz CT molecular complexity index is 243. The molecule has 0 nitrogen and oxygen atoms in total. The van der Waals surface area contributed by atoms with Gasteiger partial charge >= 0.3 is 0 Å². The van der Waals surface area contributed by atoms with Gasteiger partial charge in [-0.05, 0) is 65.1 Å².